The number of hydrogen-bond donors (Lipinski definition) is 2. The van der Waals surface area contributed by atoms with E-state index in [1.54, 1.807) is 31.2 Å². The standard InChI is InChI=1S/C16H17NO3/c1-11(18)13-5-3-7-15(9-13)20-10-12-4-2-6-14(8-12)16(17)19/h2-9,11,18H,10H2,1H3,(H2,17,19). The largest absolute Gasteiger partial charge is 0.489 e. The lowest BCUT2D eigenvalue weighted by atomic mass is 10.1. The van der Waals surface area contributed by atoms with E-state index in [0.29, 0.717) is 17.9 Å². The summed E-state index contributed by atoms with van der Waals surface area (Å²) in [4.78, 5) is 11.1. The minimum absolute atomic E-state index is 0.338. The molecule has 3 N–H and O–H groups in total. The molecule has 20 heavy (non-hydrogen) atoms. The van der Waals surface area contributed by atoms with Gasteiger partial charge in [0, 0.05) is 5.56 Å². The summed E-state index contributed by atoms with van der Waals surface area (Å²) in [5, 5.41) is 9.52. The fourth-order valence-electron chi connectivity index (χ4n) is 1.85. The Labute approximate surface area is 117 Å². The molecule has 4 nitrogen and oxygen atoms in total. The number of nitrogens with two attached hydrogens (primary N) is 1. The zero-order chi connectivity index (χ0) is 14.5. The first-order valence-electron chi connectivity index (χ1n) is 6.36. The molecule has 0 aromatic heterocycles. The summed E-state index contributed by atoms with van der Waals surface area (Å²) < 4.78 is 5.65. The van der Waals surface area contributed by atoms with Crippen molar-refractivity contribution in [2.45, 2.75) is 19.6 Å². The molecule has 0 aliphatic heterocycles. The summed E-state index contributed by atoms with van der Waals surface area (Å²) in [7, 11) is 0. The van der Waals surface area contributed by atoms with Crippen LogP contribution in [-0.4, -0.2) is 11.0 Å². The zero-order valence-corrected chi connectivity index (χ0v) is 11.2. The van der Waals surface area contributed by atoms with Crippen molar-refractivity contribution in [3.05, 3.63) is 65.2 Å². The van der Waals surface area contributed by atoms with E-state index >= 15 is 0 Å². The molecule has 1 atom stereocenters. The van der Waals surface area contributed by atoms with Crippen LogP contribution in [0.1, 0.15) is 34.5 Å². The van der Waals surface area contributed by atoms with Gasteiger partial charge in [-0.05, 0) is 42.3 Å². The summed E-state index contributed by atoms with van der Waals surface area (Å²) in [5.74, 6) is 0.218. The number of rotatable bonds is 5. The quantitative estimate of drug-likeness (QED) is 0.877. The summed E-state index contributed by atoms with van der Waals surface area (Å²) in [6.07, 6.45) is -0.531. The molecule has 2 rings (SSSR count). The highest BCUT2D eigenvalue weighted by atomic mass is 16.5. The Kier molecular flexibility index (Phi) is 4.38. The molecule has 0 spiro atoms. The predicted molar refractivity (Wildman–Crippen MR) is 76.4 cm³/mol. The van der Waals surface area contributed by atoms with E-state index < -0.39 is 12.0 Å². The Balaban J connectivity index is 2.07. The van der Waals surface area contributed by atoms with E-state index in [4.69, 9.17) is 10.5 Å². The molecule has 0 saturated carbocycles. The van der Waals surface area contributed by atoms with Gasteiger partial charge in [0.15, 0.2) is 0 Å². The molecule has 4 heteroatoms. The molecule has 0 radical (unpaired) electrons. The van der Waals surface area contributed by atoms with Gasteiger partial charge in [-0.1, -0.05) is 24.3 Å². The van der Waals surface area contributed by atoms with Gasteiger partial charge in [-0.2, -0.15) is 0 Å². The SMILES string of the molecule is CC(O)c1cccc(OCc2cccc(C(N)=O)c2)c1. The van der Waals surface area contributed by atoms with E-state index in [1.807, 2.05) is 24.3 Å². The lowest BCUT2D eigenvalue weighted by Gasteiger charge is -2.10. The Hall–Kier alpha value is -2.33. The van der Waals surface area contributed by atoms with Gasteiger partial charge in [0.05, 0.1) is 6.10 Å². The van der Waals surface area contributed by atoms with Gasteiger partial charge in [-0.3, -0.25) is 4.79 Å². The molecule has 0 saturated heterocycles. The Morgan fingerprint density at radius 3 is 2.70 bits per heavy atom. The topological polar surface area (TPSA) is 72.6 Å². The van der Waals surface area contributed by atoms with E-state index in [1.165, 1.54) is 0 Å². The number of carbonyl (C=O) groups excluding carboxylic acids is 1. The second kappa shape index (κ2) is 6.21. The average Bonchev–Trinajstić information content (AvgIpc) is 2.45. The predicted octanol–water partition coefficient (Wildman–Crippen LogP) is 2.42. The van der Waals surface area contributed by atoms with Gasteiger partial charge in [0.25, 0.3) is 0 Å². The lowest BCUT2D eigenvalue weighted by Crippen LogP contribution is -2.11. The summed E-state index contributed by atoms with van der Waals surface area (Å²) in [6, 6.07) is 14.3. The molecule has 0 bridgehead atoms. The van der Waals surface area contributed by atoms with Gasteiger partial charge < -0.3 is 15.6 Å². The number of ether oxygens (including phenoxy) is 1. The third-order valence-corrected chi connectivity index (χ3v) is 2.96. The van der Waals surface area contributed by atoms with Gasteiger partial charge in [0.1, 0.15) is 12.4 Å². The van der Waals surface area contributed by atoms with E-state index in [-0.39, 0.29) is 0 Å². The Morgan fingerprint density at radius 2 is 2.00 bits per heavy atom. The van der Waals surface area contributed by atoms with Gasteiger partial charge in [-0.15, -0.1) is 0 Å². The molecule has 0 fully saturated rings. The molecular weight excluding hydrogens is 254 g/mol. The second-order valence-corrected chi connectivity index (χ2v) is 4.60. The molecule has 1 amide bonds. The fourth-order valence-corrected chi connectivity index (χ4v) is 1.85. The number of aliphatic hydroxyl groups is 1. The third-order valence-electron chi connectivity index (χ3n) is 2.96. The van der Waals surface area contributed by atoms with Crippen LogP contribution in [-0.2, 0) is 6.61 Å². The molecule has 0 heterocycles. The molecule has 2 aromatic carbocycles. The fraction of sp³-hybridized carbons (Fsp3) is 0.188. The van der Waals surface area contributed by atoms with Gasteiger partial charge in [-0.25, -0.2) is 0 Å². The lowest BCUT2D eigenvalue weighted by molar-refractivity contribution is 0.1000. The minimum atomic E-state index is -0.531. The van der Waals surface area contributed by atoms with Gasteiger partial charge in [0.2, 0.25) is 5.91 Å². The second-order valence-electron chi connectivity index (χ2n) is 4.60. The number of hydrogen-bond acceptors (Lipinski definition) is 3. The van der Waals surface area contributed by atoms with Crippen molar-refractivity contribution in [1.82, 2.24) is 0 Å². The first-order valence-corrected chi connectivity index (χ1v) is 6.36. The summed E-state index contributed by atoms with van der Waals surface area (Å²) in [6.45, 7) is 2.04. The van der Waals surface area contributed by atoms with E-state index in [9.17, 15) is 9.90 Å². The van der Waals surface area contributed by atoms with Crippen molar-refractivity contribution in [3.8, 4) is 5.75 Å². The normalized spacial score (nSPS) is 11.9. The Morgan fingerprint density at radius 1 is 1.25 bits per heavy atom. The van der Waals surface area contributed by atoms with Crippen LogP contribution < -0.4 is 10.5 Å². The van der Waals surface area contributed by atoms with E-state index in [2.05, 4.69) is 0 Å². The van der Waals surface area contributed by atoms with Crippen molar-refractivity contribution < 1.29 is 14.6 Å². The van der Waals surface area contributed by atoms with Crippen LogP contribution in [0.4, 0.5) is 0 Å². The number of benzene rings is 2. The van der Waals surface area contributed by atoms with Crippen molar-refractivity contribution in [3.63, 3.8) is 0 Å². The first kappa shape index (κ1) is 14.1. The van der Waals surface area contributed by atoms with E-state index in [0.717, 1.165) is 11.1 Å². The van der Waals surface area contributed by atoms with Crippen LogP contribution in [0.15, 0.2) is 48.5 Å². The van der Waals surface area contributed by atoms with Crippen LogP contribution in [0.25, 0.3) is 0 Å². The number of carbonyl (C=O) groups is 1. The molecule has 1 unspecified atom stereocenters. The van der Waals surface area contributed by atoms with Crippen LogP contribution >= 0.6 is 0 Å². The maximum absolute atomic E-state index is 11.1. The minimum Gasteiger partial charge on any atom is -0.489 e. The maximum atomic E-state index is 11.1. The maximum Gasteiger partial charge on any atom is 0.248 e. The van der Waals surface area contributed by atoms with Crippen molar-refractivity contribution in [2.75, 3.05) is 0 Å². The van der Waals surface area contributed by atoms with Crippen LogP contribution in [0.3, 0.4) is 0 Å². The molecule has 104 valence electrons. The monoisotopic (exact) mass is 271 g/mol. The smallest absolute Gasteiger partial charge is 0.248 e. The number of amides is 1. The first-order chi connectivity index (χ1) is 9.56. The summed E-state index contributed by atoms with van der Waals surface area (Å²) >= 11 is 0. The molecule has 2 aromatic rings. The van der Waals surface area contributed by atoms with Crippen LogP contribution in [0.5, 0.6) is 5.75 Å². The number of primary amides is 1. The average molecular weight is 271 g/mol. The molecular formula is C16H17NO3. The van der Waals surface area contributed by atoms with Crippen molar-refractivity contribution in [2.24, 2.45) is 5.73 Å². The molecule has 0 aliphatic rings. The van der Waals surface area contributed by atoms with Crippen LogP contribution in [0.2, 0.25) is 0 Å². The number of aliphatic hydroxyl groups excluding tert-OH is 1. The zero-order valence-electron chi connectivity index (χ0n) is 11.2. The highest BCUT2D eigenvalue weighted by Gasteiger charge is 2.04. The highest BCUT2D eigenvalue weighted by Crippen LogP contribution is 2.20. The van der Waals surface area contributed by atoms with Gasteiger partial charge >= 0.3 is 0 Å². The third kappa shape index (κ3) is 3.59. The molecule has 0 aliphatic carbocycles. The highest BCUT2D eigenvalue weighted by molar-refractivity contribution is 5.92. The summed E-state index contributed by atoms with van der Waals surface area (Å²) in [5.41, 5.74) is 7.36. The van der Waals surface area contributed by atoms with Crippen LogP contribution in [0, 0.1) is 0 Å². The van der Waals surface area contributed by atoms with Crippen molar-refractivity contribution in [1.29, 1.82) is 0 Å². The Bertz CT molecular complexity index is 608. The van der Waals surface area contributed by atoms with Crippen molar-refractivity contribution >= 4 is 5.91 Å².